The van der Waals surface area contributed by atoms with Crippen LogP contribution in [0.25, 0.3) is 10.9 Å². The Morgan fingerprint density at radius 1 is 0.969 bits per heavy atom. The van der Waals surface area contributed by atoms with E-state index in [-0.39, 0.29) is 5.69 Å². The fourth-order valence-corrected chi connectivity index (χ4v) is 4.46. The first kappa shape index (κ1) is 22.3. The SMILES string of the molecule is CC(C)c1ccc(CNc2cccc3c2cc(C(=O)O)n3Cc2cc(Cl)cc(Cl)c2)cc1. The van der Waals surface area contributed by atoms with Crippen LogP contribution in [0.3, 0.4) is 0 Å². The van der Waals surface area contributed by atoms with Crippen LogP contribution in [0.5, 0.6) is 0 Å². The first-order valence-electron chi connectivity index (χ1n) is 10.4. The second kappa shape index (κ2) is 9.27. The molecule has 0 aliphatic heterocycles. The summed E-state index contributed by atoms with van der Waals surface area (Å²) in [6, 6.07) is 21.4. The van der Waals surface area contributed by atoms with Crippen molar-refractivity contribution < 1.29 is 9.90 Å². The summed E-state index contributed by atoms with van der Waals surface area (Å²) in [6.45, 7) is 5.35. The van der Waals surface area contributed by atoms with Crippen LogP contribution >= 0.6 is 23.2 Å². The van der Waals surface area contributed by atoms with Gasteiger partial charge in [0.25, 0.3) is 0 Å². The maximum absolute atomic E-state index is 12.0. The van der Waals surface area contributed by atoms with Crippen molar-refractivity contribution in [3.8, 4) is 0 Å². The summed E-state index contributed by atoms with van der Waals surface area (Å²) in [5.74, 6) is -0.487. The third kappa shape index (κ3) is 4.77. The van der Waals surface area contributed by atoms with Crippen LogP contribution in [0.15, 0.2) is 66.7 Å². The van der Waals surface area contributed by atoms with Gasteiger partial charge in [-0.2, -0.15) is 0 Å². The number of carbonyl (C=O) groups is 1. The lowest BCUT2D eigenvalue weighted by atomic mass is 10.0. The van der Waals surface area contributed by atoms with Crippen LogP contribution in [-0.4, -0.2) is 15.6 Å². The minimum Gasteiger partial charge on any atom is -0.477 e. The topological polar surface area (TPSA) is 54.3 Å². The lowest BCUT2D eigenvalue weighted by Gasteiger charge is -2.12. The molecule has 0 bridgehead atoms. The number of nitrogens with one attached hydrogen (secondary N) is 1. The zero-order valence-corrected chi connectivity index (χ0v) is 19.4. The molecule has 4 nitrogen and oxygen atoms in total. The Hall–Kier alpha value is -2.95. The first-order valence-corrected chi connectivity index (χ1v) is 11.2. The van der Waals surface area contributed by atoms with Crippen LogP contribution in [0.1, 0.15) is 46.9 Å². The zero-order chi connectivity index (χ0) is 22.8. The molecule has 3 aromatic carbocycles. The standard InChI is InChI=1S/C26H24Cl2N2O2/c1-16(2)19-8-6-17(7-9-19)14-29-23-4-3-5-24-22(23)13-25(26(31)32)30(24)15-18-10-20(27)12-21(28)11-18/h3-13,16,29H,14-15H2,1-2H3,(H,31,32). The number of aromatic nitrogens is 1. The molecule has 0 amide bonds. The van der Waals surface area contributed by atoms with E-state index in [4.69, 9.17) is 23.2 Å². The fraction of sp³-hybridized carbons (Fsp3) is 0.192. The largest absolute Gasteiger partial charge is 0.477 e. The molecule has 1 heterocycles. The van der Waals surface area contributed by atoms with E-state index in [1.807, 2.05) is 18.2 Å². The van der Waals surface area contributed by atoms with Crippen molar-refractivity contribution in [2.75, 3.05) is 5.32 Å². The number of benzene rings is 3. The van der Waals surface area contributed by atoms with E-state index in [0.29, 0.717) is 29.1 Å². The van der Waals surface area contributed by atoms with Crippen LogP contribution in [-0.2, 0) is 13.1 Å². The van der Waals surface area contributed by atoms with Crippen molar-refractivity contribution in [1.82, 2.24) is 4.57 Å². The van der Waals surface area contributed by atoms with E-state index >= 15 is 0 Å². The van der Waals surface area contributed by atoms with Crippen LogP contribution in [0.4, 0.5) is 5.69 Å². The molecule has 0 saturated heterocycles. The number of hydrogen-bond acceptors (Lipinski definition) is 2. The van der Waals surface area contributed by atoms with Gasteiger partial charge >= 0.3 is 5.97 Å². The van der Waals surface area contributed by atoms with E-state index in [2.05, 4.69) is 43.4 Å². The van der Waals surface area contributed by atoms with Gasteiger partial charge in [-0.1, -0.05) is 67.4 Å². The molecule has 6 heteroatoms. The normalized spacial score (nSPS) is 11.3. The zero-order valence-electron chi connectivity index (χ0n) is 17.9. The highest BCUT2D eigenvalue weighted by Crippen LogP contribution is 2.30. The number of aromatic carboxylic acids is 1. The number of anilines is 1. The Morgan fingerprint density at radius 3 is 2.28 bits per heavy atom. The van der Waals surface area contributed by atoms with Gasteiger partial charge in [0.2, 0.25) is 0 Å². The van der Waals surface area contributed by atoms with E-state index in [9.17, 15) is 9.90 Å². The molecule has 164 valence electrons. The summed E-state index contributed by atoms with van der Waals surface area (Å²) in [5, 5.41) is 15.2. The van der Waals surface area contributed by atoms with Gasteiger partial charge in [-0.15, -0.1) is 0 Å². The molecule has 1 aromatic heterocycles. The van der Waals surface area contributed by atoms with E-state index in [1.54, 1.807) is 28.8 Å². The summed E-state index contributed by atoms with van der Waals surface area (Å²) >= 11 is 12.3. The average molecular weight is 467 g/mol. The highest BCUT2D eigenvalue weighted by atomic mass is 35.5. The molecule has 0 aliphatic rings. The summed E-state index contributed by atoms with van der Waals surface area (Å²) in [6.07, 6.45) is 0. The molecular weight excluding hydrogens is 443 g/mol. The third-order valence-electron chi connectivity index (χ3n) is 5.56. The summed E-state index contributed by atoms with van der Waals surface area (Å²) in [7, 11) is 0. The van der Waals surface area contributed by atoms with Gasteiger partial charge in [-0.25, -0.2) is 4.79 Å². The lowest BCUT2D eigenvalue weighted by molar-refractivity contribution is 0.0686. The highest BCUT2D eigenvalue weighted by Gasteiger charge is 2.17. The minimum atomic E-state index is -0.982. The number of rotatable bonds is 7. The van der Waals surface area contributed by atoms with Crippen molar-refractivity contribution in [3.63, 3.8) is 0 Å². The van der Waals surface area contributed by atoms with Gasteiger partial charge in [0.1, 0.15) is 5.69 Å². The van der Waals surface area contributed by atoms with Gasteiger partial charge in [0.15, 0.2) is 0 Å². The van der Waals surface area contributed by atoms with Crippen molar-refractivity contribution in [1.29, 1.82) is 0 Å². The number of fused-ring (bicyclic) bond motifs is 1. The predicted octanol–water partition coefficient (Wildman–Crippen LogP) is 7.43. The van der Waals surface area contributed by atoms with Crippen molar-refractivity contribution in [2.45, 2.75) is 32.9 Å². The Balaban J connectivity index is 1.66. The van der Waals surface area contributed by atoms with Crippen LogP contribution < -0.4 is 5.32 Å². The summed E-state index contributed by atoms with van der Waals surface area (Å²) in [5.41, 5.74) is 5.25. The van der Waals surface area contributed by atoms with Gasteiger partial charge in [-0.3, -0.25) is 0 Å². The summed E-state index contributed by atoms with van der Waals surface area (Å²) < 4.78 is 1.78. The third-order valence-corrected chi connectivity index (χ3v) is 5.99. The number of halogens is 2. The Bertz CT molecular complexity index is 1260. The number of hydrogen-bond donors (Lipinski definition) is 2. The average Bonchev–Trinajstić information content (AvgIpc) is 3.11. The monoisotopic (exact) mass is 466 g/mol. The van der Waals surface area contributed by atoms with Gasteiger partial charge in [0, 0.05) is 34.2 Å². The molecule has 2 N–H and O–H groups in total. The molecular formula is C26H24Cl2N2O2. The van der Waals surface area contributed by atoms with Gasteiger partial charge in [0.05, 0.1) is 5.52 Å². The molecule has 4 aromatic rings. The minimum absolute atomic E-state index is 0.214. The molecule has 0 radical (unpaired) electrons. The van der Waals surface area contributed by atoms with Crippen molar-refractivity contribution >= 4 is 45.8 Å². The molecule has 4 rings (SSSR count). The lowest BCUT2D eigenvalue weighted by Crippen LogP contribution is -2.09. The van der Waals surface area contributed by atoms with Crippen LogP contribution in [0.2, 0.25) is 10.0 Å². The number of nitrogens with zero attached hydrogens (tertiary/aromatic N) is 1. The van der Waals surface area contributed by atoms with Crippen molar-refractivity contribution in [3.05, 3.63) is 99.2 Å². The molecule has 0 saturated carbocycles. The van der Waals surface area contributed by atoms with E-state index < -0.39 is 5.97 Å². The Kier molecular flexibility index (Phi) is 6.45. The number of carboxylic acids is 1. The molecule has 0 spiro atoms. The first-order chi connectivity index (χ1) is 15.3. The maximum atomic E-state index is 12.0. The van der Waals surface area contributed by atoms with E-state index in [1.165, 1.54) is 5.56 Å². The Morgan fingerprint density at radius 2 is 1.66 bits per heavy atom. The fourth-order valence-electron chi connectivity index (χ4n) is 3.89. The van der Waals surface area contributed by atoms with E-state index in [0.717, 1.165) is 27.7 Å². The highest BCUT2D eigenvalue weighted by molar-refractivity contribution is 6.34. The molecule has 0 atom stereocenters. The molecule has 32 heavy (non-hydrogen) atoms. The summed E-state index contributed by atoms with van der Waals surface area (Å²) in [4.78, 5) is 12.0. The smallest absolute Gasteiger partial charge is 0.352 e. The van der Waals surface area contributed by atoms with Crippen LogP contribution in [0, 0.1) is 0 Å². The van der Waals surface area contributed by atoms with Crippen molar-refractivity contribution in [2.24, 2.45) is 0 Å². The maximum Gasteiger partial charge on any atom is 0.352 e. The molecule has 0 aliphatic carbocycles. The quantitative estimate of drug-likeness (QED) is 0.297. The van der Waals surface area contributed by atoms with Gasteiger partial charge in [-0.05, 0) is 59.0 Å². The predicted molar refractivity (Wildman–Crippen MR) is 132 cm³/mol. The number of carboxylic acid groups (broad SMARTS) is 1. The second-order valence-corrected chi connectivity index (χ2v) is 9.06. The van der Waals surface area contributed by atoms with Gasteiger partial charge < -0.3 is 15.0 Å². The Labute approximate surface area is 197 Å². The molecule has 0 fully saturated rings. The molecule has 0 unspecified atom stereocenters. The second-order valence-electron chi connectivity index (χ2n) is 8.19.